The Balaban J connectivity index is 2.45. The molecule has 0 fully saturated rings. The molecule has 0 radical (unpaired) electrons. The Morgan fingerprint density at radius 3 is 2.93 bits per heavy atom. The molecular formula is C11H15Br2NS. The maximum atomic E-state index is 4.35. The molecule has 1 unspecified atom stereocenters. The summed E-state index contributed by atoms with van der Waals surface area (Å²) in [6.07, 6.45) is 4.37. The van der Waals surface area contributed by atoms with E-state index in [2.05, 4.69) is 43.8 Å². The highest BCUT2D eigenvalue weighted by atomic mass is 79.9. The predicted molar refractivity (Wildman–Crippen MR) is 74.9 cm³/mol. The van der Waals surface area contributed by atoms with Crippen LogP contribution in [0.5, 0.6) is 0 Å². The molecule has 0 N–H and O–H groups in total. The molecule has 0 spiro atoms. The highest BCUT2D eigenvalue weighted by Gasteiger charge is 2.08. The lowest BCUT2D eigenvalue weighted by Crippen LogP contribution is -2.04. The molecule has 1 aromatic heterocycles. The molecular weight excluding hydrogens is 338 g/mol. The molecule has 4 heteroatoms. The van der Waals surface area contributed by atoms with Crippen molar-refractivity contribution in [2.24, 2.45) is 5.92 Å². The van der Waals surface area contributed by atoms with Crippen LogP contribution in [0.4, 0.5) is 0 Å². The second-order valence-electron chi connectivity index (χ2n) is 3.41. The van der Waals surface area contributed by atoms with E-state index in [0.29, 0.717) is 0 Å². The van der Waals surface area contributed by atoms with Crippen molar-refractivity contribution in [1.82, 2.24) is 4.98 Å². The Morgan fingerprint density at radius 1 is 1.53 bits per heavy atom. The SMILES string of the molecule is CCCC(CBr)CSc1ncccc1Br. The van der Waals surface area contributed by atoms with Gasteiger partial charge in [-0.1, -0.05) is 29.3 Å². The predicted octanol–water partition coefficient (Wildman–Crippen LogP) is 4.75. The van der Waals surface area contributed by atoms with Crippen molar-refractivity contribution in [1.29, 1.82) is 0 Å². The minimum absolute atomic E-state index is 0.744. The standard InChI is InChI=1S/C11H15Br2NS/c1-2-4-9(7-12)8-15-11-10(13)5-3-6-14-11/h3,5-6,9H,2,4,7-8H2,1H3. The Bertz CT molecular complexity index is 294. The molecule has 0 aliphatic carbocycles. The minimum atomic E-state index is 0.744. The van der Waals surface area contributed by atoms with Crippen molar-refractivity contribution in [2.75, 3.05) is 11.1 Å². The molecule has 0 saturated heterocycles. The van der Waals surface area contributed by atoms with Gasteiger partial charge in [0.2, 0.25) is 0 Å². The van der Waals surface area contributed by atoms with Gasteiger partial charge in [-0.05, 0) is 40.4 Å². The lowest BCUT2D eigenvalue weighted by molar-refractivity contribution is 0.597. The summed E-state index contributed by atoms with van der Waals surface area (Å²) < 4.78 is 1.10. The number of pyridine rings is 1. The number of aromatic nitrogens is 1. The first-order valence-corrected chi connectivity index (χ1v) is 7.97. The summed E-state index contributed by atoms with van der Waals surface area (Å²) in [5, 5.41) is 2.18. The number of alkyl halides is 1. The summed E-state index contributed by atoms with van der Waals surface area (Å²) in [6.45, 7) is 2.23. The van der Waals surface area contributed by atoms with Crippen molar-refractivity contribution >= 4 is 43.6 Å². The molecule has 0 aliphatic rings. The van der Waals surface area contributed by atoms with Gasteiger partial charge in [0.25, 0.3) is 0 Å². The van der Waals surface area contributed by atoms with Crippen LogP contribution >= 0.6 is 43.6 Å². The third kappa shape index (κ3) is 4.87. The van der Waals surface area contributed by atoms with Gasteiger partial charge >= 0.3 is 0 Å². The Hall–Kier alpha value is 0.460. The number of nitrogens with zero attached hydrogens (tertiary/aromatic N) is 1. The third-order valence-electron chi connectivity index (χ3n) is 2.10. The topological polar surface area (TPSA) is 12.9 Å². The number of thioether (sulfide) groups is 1. The van der Waals surface area contributed by atoms with Gasteiger partial charge in [-0.25, -0.2) is 4.98 Å². The van der Waals surface area contributed by atoms with Gasteiger partial charge < -0.3 is 0 Å². The van der Waals surface area contributed by atoms with Crippen LogP contribution in [0.15, 0.2) is 27.8 Å². The lowest BCUT2D eigenvalue weighted by atomic mass is 10.1. The molecule has 0 aromatic carbocycles. The summed E-state index contributed by atoms with van der Waals surface area (Å²) in [6, 6.07) is 3.99. The van der Waals surface area contributed by atoms with Crippen molar-refractivity contribution in [2.45, 2.75) is 24.8 Å². The Kier molecular flexibility index (Phi) is 6.93. The van der Waals surface area contributed by atoms with Gasteiger partial charge in [-0.2, -0.15) is 0 Å². The van der Waals surface area contributed by atoms with Gasteiger partial charge in [0.15, 0.2) is 0 Å². The van der Waals surface area contributed by atoms with E-state index >= 15 is 0 Å². The van der Waals surface area contributed by atoms with Crippen LogP contribution in [-0.4, -0.2) is 16.1 Å². The summed E-state index contributed by atoms with van der Waals surface area (Å²) >= 11 is 8.91. The van der Waals surface area contributed by atoms with Crippen LogP contribution in [-0.2, 0) is 0 Å². The van der Waals surface area contributed by atoms with Crippen LogP contribution in [0.3, 0.4) is 0 Å². The molecule has 1 atom stereocenters. The molecule has 1 aromatic rings. The van der Waals surface area contributed by atoms with Gasteiger partial charge in [0, 0.05) is 21.8 Å². The van der Waals surface area contributed by atoms with E-state index in [1.807, 2.05) is 30.1 Å². The Labute approximate surface area is 113 Å². The zero-order valence-electron chi connectivity index (χ0n) is 8.75. The summed E-state index contributed by atoms with van der Waals surface area (Å²) in [5.74, 6) is 1.88. The fraction of sp³-hybridized carbons (Fsp3) is 0.545. The van der Waals surface area contributed by atoms with E-state index < -0.39 is 0 Å². The first-order valence-electron chi connectivity index (χ1n) is 5.07. The van der Waals surface area contributed by atoms with E-state index in [1.54, 1.807) is 0 Å². The Morgan fingerprint density at radius 2 is 2.33 bits per heavy atom. The maximum Gasteiger partial charge on any atom is 0.110 e. The fourth-order valence-electron chi connectivity index (χ4n) is 1.29. The van der Waals surface area contributed by atoms with E-state index in [4.69, 9.17) is 0 Å². The van der Waals surface area contributed by atoms with E-state index in [-0.39, 0.29) is 0 Å². The van der Waals surface area contributed by atoms with Crippen LogP contribution < -0.4 is 0 Å². The van der Waals surface area contributed by atoms with Gasteiger partial charge in [0.1, 0.15) is 5.03 Å². The van der Waals surface area contributed by atoms with Crippen molar-refractivity contribution in [3.05, 3.63) is 22.8 Å². The lowest BCUT2D eigenvalue weighted by Gasteiger charge is -2.12. The molecule has 0 amide bonds. The largest absolute Gasteiger partial charge is 0.249 e. The highest BCUT2D eigenvalue weighted by Crippen LogP contribution is 2.27. The van der Waals surface area contributed by atoms with E-state index in [0.717, 1.165) is 26.5 Å². The average molecular weight is 353 g/mol. The molecule has 1 nitrogen and oxygen atoms in total. The molecule has 1 heterocycles. The molecule has 15 heavy (non-hydrogen) atoms. The maximum absolute atomic E-state index is 4.35. The van der Waals surface area contributed by atoms with Crippen LogP contribution in [0.1, 0.15) is 19.8 Å². The van der Waals surface area contributed by atoms with Gasteiger partial charge in [0.05, 0.1) is 0 Å². The quantitative estimate of drug-likeness (QED) is 0.541. The monoisotopic (exact) mass is 351 g/mol. The first kappa shape index (κ1) is 13.5. The second kappa shape index (κ2) is 7.69. The summed E-state index contributed by atoms with van der Waals surface area (Å²) in [7, 11) is 0. The van der Waals surface area contributed by atoms with E-state index in [1.165, 1.54) is 12.8 Å². The first-order chi connectivity index (χ1) is 7.27. The van der Waals surface area contributed by atoms with E-state index in [9.17, 15) is 0 Å². The normalized spacial score (nSPS) is 12.7. The van der Waals surface area contributed by atoms with Crippen molar-refractivity contribution < 1.29 is 0 Å². The zero-order valence-corrected chi connectivity index (χ0v) is 12.7. The second-order valence-corrected chi connectivity index (χ2v) is 5.92. The molecule has 0 saturated carbocycles. The van der Waals surface area contributed by atoms with Crippen molar-refractivity contribution in [3.8, 4) is 0 Å². The van der Waals surface area contributed by atoms with Crippen LogP contribution in [0.25, 0.3) is 0 Å². The minimum Gasteiger partial charge on any atom is -0.249 e. The zero-order chi connectivity index (χ0) is 11.1. The summed E-state index contributed by atoms with van der Waals surface area (Å²) in [4.78, 5) is 4.35. The third-order valence-corrected chi connectivity index (χ3v) is 5.15. The van der Waals surface area contributed by atoms with Gasteiger partial charge in [-0.3, -0.25) is 0 Å². The smallest absolute Gasteiger partial charge is 0.110 e. The number of halogens is 2. The average Bonchev–Trinajstić information content (AvgIpc) is 2.26. The molecule has 0 aliphatic heterocycles. The fourth-order valence-corrected chi connectivity index (χ4v) is 3.76. The molecule has 84 valence electrons. The van der Waals surface area contributed by atoms with Crippen LogP contribution in [0.2, 0.25) is 0 Å². The molecule has 0 bridgehead atoms. The van der Waals surface area contributed by atoms with Crippen LogP contribution in [0, 0.1) is 5.92 Å². The molecule has 1 rings (SSSR count). The number of hydrogen-bond donors (Lipinski definition) is 0. The number of rotatable bonds is 6. The van der Waals surface area contributed by atoms with Gasteiger partial charge in [-0.15, -0.1) is 11.8 Å². The summed E-state index contributed by atoms with van der Waals surface area (Å²) in [5.41, 5.74) is 0. The number of hydrogen-bond acceptors (Lipinski definition) is 2. The highest BCUT2D eigenvalue weighted by molar-refractivity contribution is 9.10. The van der Waals surface area contributed by atoms with Crippen molar-refractivity contribution in [3.63, 3.8) is 0 Å².